The van der Waals surface area contributed by atoms with E-state index in [1.165, 1.54) is 4.90 Å². The molecule has 3 N–H and O–H groups in total. The molecule has 2 aromatic heterocycles. The summed E-state index contributed by atoms with van der Waals surface area (Å²) in [7, 11) is 3.12. The third-order valence-electron chi connectivity index (χ3n) is 6.15. The molecule has 1 aliphatic heterocycles. The van der Waals surface area contributed by atoms with E-state index in [2.05, 4.69) is 22.9 Å². The number of rotatable bonds is 3. The van der Waals surface area contributed by atoms with Crippen LogP contribution in [0.25, 0.3) is 10.9 Å². The molecule has 1 aliphatic rings. The molecular weight excluding hydrogens is 460 g/mol. The Morgan fingerprint density at radius 1 is 1.19 bits per heavy atom. The summed E-state index contributed by atoms with van der Waals surface area (Å²) in [4.78, 5) is 17.5. The maximum Gasteiger partial charge on any atom is 0.407 e. The lowest BCUT2D eigenvalue weighted by atomic mass is 9.87. The summed E-state index contributed by atoms with van der Waals surface area (Å²) in [5, 5.41) is 24.9. The standard InChI is InChI=1S/C26H28N6O4/c1-26(2,3)23-19(13-27)22-21(24(28)29-23)20(30-32(22)16-8-9-31(14-16)25(33)34)7-6-15-10-17(35-4)12-18(11-15)36-5/h10-12,16H,8-9,14H2,1-5H3,(H2,28,29)(H,33,34)/t16-/m0/s1. The number of methoxy groups -OCH3 is 2. The molecule has 3 heterocycles. The Hall–Kier alpha value is -4.44. The Bertz CT molecular complexity index is 1430. The lowest BCUT2D eigenvalue weighted by Gasteiger charge is -2.21. The van der Waals surface area contributed by atoms with Gasteiger partial charge in [0, 0.05) is 30.1 Å². The van der Waals surface area contributed by atoms with Gasteiger partial charge in [0.1, 0.15) is 34.6 Å². The molecule has 0 aliphatic carbocycles. The highest BCUT2D eigenvalue weighted by Crippen LogP contribution is 2.36. The van der Waals surface area contributed by atoms with E-state index < -0.39 is 11.5 Å². The predicted molar refractivity (Wildman–Crippen MR) is 134 cm³/mol. The minimum absolute atomic E-state index is 0.223. The van der Waals surface area contributed by atoms with Gasteiger partial charge in [-0.2, -0.15) is 10.4 Å². The average Bonchev–Trinajstić information content (AvgIpc) is 3.47. The van der Waals surface area contributed by atoms with Crippen molar-refractivity contribution >= 4 is 22.8 Å². The zero-order chi connectivity index (χ0) is 26.2. The molecule has 1 amide bonds. The topological polar surface area (TPSA) is 140 Å². The fourth-order valence-corrected chi connectivity index (χ4v) is 4.39. The molecule has 10 heteroatoms. The van der Waals surface area contributed by atoms with Gasteiger partial charge in [-0.3, -0.25) is 4.68 Å². The number of carbonyl (C=O) groups is 1. The third-order valence-corrected chi connectivity index (χ3v) is 6.15. The van der Waals surface area contributed by atoms with Crippen LogP contribution in [0.1, 0.15) is 55.7 Å². The molecule has 3 aromatic rings. The zero-order valence-electron chi connectivity index (χ0n) is 20.9. The summed E-state index contributed by atoms with van der Waals surface area (Å²) in [6.07, 6.45) is -0.431. The van der Waals surface area contributed by atoms with Crippen molar-refractivity contribution in [3.05, 3.63) is 40.7 Å². The third kappa shape index (κ3) is 4.46. The van der Waals surface area contributed by atoms with Crippen molar-refractivity contribution in [3.8, 4) is 29.4 Å². The summed E-state index contributed by atoms with van der Waals surface area (Å²) >= 11 is 0. The molecule has 4 rings (SSSR count). The van der Waals surface area contributed by atoms with Crippen LogP contribution in [0.2, 0.25) is 0 Å². The van der Waals surface area contributed by atoms with Crippen molar-refractivity contribution in [1.82, 2.24) is 19.7 Å². The van der Waals surface area contributed by atoms with Crippen LogP contribution in [-0.4, -0.2) is 58.2 Å². The molecule has 0 radical (unpaired) electrons. The molecule has 1 saturated heterocycles. The summed E-state index contributed by atoms with van der Waals surface area (Å²) in [5.74, 6) is 7.58. The molecule has 0 saturated carbocycles. The van der Waals surface area contributed by atoms with Gasteiger partial charge < -0.3 is 25.2 Å². The van der Waals surface area contributed by atoms with Crippen molar-refractivity contribution in [1.29, 1.82) is 5.26 Å². The second-order valence-electron chi connectivity index (χ2n) is 9.62. The Balaban J connectivity index is 1.95. The van der Waals surface area contributed by atoms with Crippen LogP contribution < -0.4 is 15.2 Å². The van der Waals surface area contributed by atoms with Crippen LogP contribution in [0.15, 0.2) is 18.2 Å². The fourth-order valence-electron chi connectivity index (χ4n) is 4.39. The van der Waals surface area contributed by atoms with Crippen LogP contribution in [0, 0.1) is 23.2 Å². The molecule has 0 unspecified atom stereocenters. The van der Waals surface area contributed by atoms with Gasteiger partial charge in [0.2, 0.25) is 0 Å². The number of ether oxygens (including phenoxy) is 2. The normalized spacial score (nSPS) is 15.3. The van der Waals surface area contributed by atoms with Crippen LogP contribution in [0.5, 0.6) is 11.5 Å². The lowest BCUT2D eigenvalue weighted by molar-refractivity contribution is 0.154. The average molecular weight is 489 g/mol. The number of aromatic nitrogens is 3. The quantitative estimate of drug-likeness (QED) is 0.534. The van der Waals surface area contributed by atoms with E-state index in [1.807, 2.05) is 20.8 Å². The molecule has 10 nitrogen and oxygen atoms in total. The van der Waals surface area contributed by atoms with Gasteiger partial charge in [-0.1, -0.05) is 26.7 Å². The Morgan fingerprint density at radius 3 is 2.39 bits per heavy atom. The van der Waals surface area contributed by atoms with Crippen molar-refractivity contribution in [3.63, 3.8) is 0 Å². The van der Waals surface area contributed by atoms with Crippen molar-refractivity contribution in [2.45, 2.75) is 38.6 Å². The zero-order valence-corrected chi connectivity index (χ0v) is 20.9. The first-order valence-corrected chi connectivity index (χ1v) is 11.4. The van der Waals surface area contributed by atoms with E-state index in [-0.39, 0.29) is 18.4 Å². The molecule has 1 atom stereocenters. The minimum Gasteiger partial charge on any atom is -0.497 e. The SMILES string of the molecule is COc1cc(C#Cc2nn([C@H]3CCN(C(=O)O)C3)c3c(C#N)c(C(C)(C)C)nc(N)c23)cc(OC)c1. The lowest BCUT2D eigenvalue weighted by Crippen LogP contribution is -2.27. The van der Waals surface area contributed by atoms with Gasteiger partial charge in [0.15, 0.2) is 0 Å². The number of fused-ring (bicyclic) bond motifs is 1. The number of benzene rings is 1. The van der Waals surface area contributed by atoms with E-state index in [9.17, 15) is 15.2 Å². The van der Waals surface area contributed by atoms with Crippen LogP contribution >= 0.6 is 0 Å². The van der Waals surface area contributed by atoms with Gasteiger partial charge in [0.25, 0.3) is 0 Å². The number of pyridine rings is 1. The molecule has 36 heavy (non-hydrogen) atoms. The Morgan fingerprint density at radius 2 is 1.86 bits per heavy atom. The fraction of sp³-hybridized carbons (Fsp3) is 0.385. The van der Waals surface area contributed by atoms with E-state index in [1.54, 1.807) is 37.1 Å². The first-order valence-electron chi connectivity index (χ1n) is 11.4. The van der Waals surface area contributed by atoms with E-state index in [0.29, 0.717) is 57.9 Å². The van der Waals surface area contributed by atoms with Gasteiger partial charge in [-0.25, -0.2) is 9.78 Å². The Kier molecular flexibility index (Phi) is 6.38. The number of nitrogens with two attached hydrogens (primary N) is 1. The minimum atomic E-state index is -0.988. The van der Waals surface area contributed by atoms with Gasteiger partial charge in [-0.05, 0) is 24.5 Å². The van der Waals surface area contributed by atoms with Crippen LogP contribution in [0.3, 0.4) is 0 Å². The maximum absolute atomic E-state index is 11.5. The smallest absolute Gasteiger partial charge is 0.407 e. The largest absolute Gasteiger partial charge is 0.497 e. The summed E-state index contributed by atoms with van der Waals surface area (Å²) in [6.45, 7) is 6.51. The highest BCUT2D eigenvalue weighted by atomic mass is 16.5. The molecule has 0 spiro atoms. The first kappa shape index (κ1) is 24.7. The summed E-state index contributed by atoms with van der Waals surface area (Å²) in [5.41, 5.74) is 8.45. The number of nitrogens with zero attached hydrogens (tertiary/aromatic N) is 5. The van der Waals surface area contributed by atoms with Crippen molar-refractivity contribution < 1.29 is 19.4 Å². The monoisotopic (exact) mass is 488 g/mol. The number of nitrogen functional groups attached to an aromatic ring is 1. The second kappa shape index (κ2) is 9.31. The number of carboxylic acid groups (broad SMARTS) is 1. The van der Waals surface area contributed by atoms with E-state index in [0.717, 1.165) is 0 Å². The molecular formula is C26H28N6O4. The first-order chi connectivity index (χ1) is 17.1. The van der Waals surface area contributed by atoms with Gasteiger partial charge in [0.05, 0.1) is 36.9 Å². The summed E-state index contributed by atoms with van der Waals surface area (Å²) in [6, 6.07) is 7.33. The number of likely N-dealkylation sites (tertiary alicyclic amines) is 1. The number of hydrogen-bond acceptors (Lipinski definition) is 7. The molecule has 1 aromatic carbocycles. The van der Waals surface area contributed by atoms with Crippen molar-refractivity contribution in [2.75, 3.05) is 33.0 Å². The summed E-state index contributed by atoms with van der Waals surface area (Å²) < 4.78 is 12.4. The van der Waals surface area contributed by atoms with Gasteiger partial charge in [-0.15, -0.1) is 0 Å². The molecule has 1 fully saturated rings. The Labute approximate surface area is 209 Å². The van der Waals surface area contributed by atoms with Crippen LogP contribution in [0.4, 0.5) is 10.6 Å². The van der Waals surface area contributed by atoms with E-state index in [4.69, 9.17) is 20.3 Å². The second-order valence-corrected chi connectivity index (χ2v) is 9.62. The number of nitriles is 1. The highest BCUT2D eigenvalue weighted by molar-refractivity contribution is 5.97. The number of hydrogen-bond donors (Lipinski definition) is 2. The van der Waals surface area contributed by atoms with Gasteiger partial charge >= 0.3 is 6.09 Å². The number of anilines is 1. The predicted octanol–water partition coefficient (Wildman–Crippen LogP) is 3.52. The highest BCUT2D eigenvalue weighted by Gasteiger charge is 2.33. The van der Waals surface area contributed by atoms with Crippen LogP contribution in [-0.2, 0) is 5.41 Å². The van der Waals surface area contributed by atoms with E-state index >= 15 is 0 Å². The molecule has 186 valence electrons. The van der Waals surface area contributed by atoms with Crippen molar-refractivity contribution in [2.24, 2.45) is 0 Å². The molecule has 0 bridgehead atoms. The number of amides is 1. The maximum atomic E-state index is 11.5.